The second-order valence-corrected chi connectivity index (χ2v) is 7.46. The lowest BCUT2D eigenvalue weighted by Gasteiger charge is -2.27. The van der Waals surface area contributed by atoms with Crippen LogP contribution < -0.4 is 0 Å². The lowest BCUT2D eigenvalue weighted by molar-refractivity contribution is 0.0966. The van der Waals surface area contributed by atoms with Gasteiger partial charge in [0.05, 0.1) is 5.52 Å². The van der Waals surface area contributed by atoms with Crippen LogP contribution in [0.15, 0.2) is 54.6 Å². The van der Waals surface area contributed by atoms with Gasteiger partial charge in [-0.3, -0.25) is 4.79 Å². The standard InChI is InChI=1S/C24H21NO/c1-14-15(2)24-23(18-10-6-7-11-20(18)25-24)22-19(14)12-17(13-21(22)26)16-8-4-3-5-9-16/h3-11,17,25H,12-13H2,1-2H3. The van der Waals surface area contributed by atoms with E-state index in [4.69, 9.17) is 0 Å². The molecule has 0 radical (unpaired) electrons. The van der Waals surface area contributed by atoms with Crippen LogP contribution in [0.3, 0.4) is 0 Å². The van der Waals surface area contributed by atoms with Gasteiger partial charge >= 0.3 is 0 Å². The fourth-order valence-corrected chi connectivity index (χ4v) is 4.60. The first-order chi connectivity index (χ1) is 12.6. The van der Waals surface area contributed by atoms with Crippen molar-refractivity contribution in [1.29, 1.82) is 0 Å². The smallest absolute Gasteiger partial charge is 0.164 e. The van der Waals surface area contributed by atoms with E-state index >= 15 is 0 Å². The highest BCUT2D eigenvalue weighted by atomic mass is 16.1. The Labute approximate surface area is 152 Å². The Morgan fingerprint density at radius 2 is 1.62 bits per heavy atom. The van der Waals surface area contributed by atoms with Crippen molar-refractivity contribution in [2.75, 3.05) is 0 Å². The van der Waals surface area contributed by atoms with E-state index in [9.17, 15) is 4.79 Å². The number of aromatic amines is 1. The highest BCUT2D eigenvalue weighted by molar-refractivity contribution is 6.20. The van der Waals surface area contributed by atoms with E-state index in [1.165, 1.54) is 22.3 Å². The van der Waals surface area contributed by atoms with E-state index in [1.807, 2.05) is 12.1 Å². The summed E-state index contributed by atoms with van der Waals surface area (Å²) in [4.78, 5) is 16.8. The molecule has 4 aromatic rings. The molecule has 0 spiro atoms. The monoisotopic (exact) mass is 339 g/mol. The molecule has 128 valence electrons. The average Bonchev–Trinajstić information content (AvgIpc) is 3.06. The fourth-order valence-electron chi connectivity index (χ4n) is 4.60. The number of para-hydroxylation sites is 1. The molecule has 3 aromatic carbocycles. The highest BCUT2D eigenvalue weighted by Gasteiger charge is 2.31. The molecule has 1 unspecified atom stereocenters. The number of hydrogen-bond donors (Lipinski definition) is 1. The number of fused-ring (bicyclic) bond motifs is 5. The van der Waals surface area contributed by atoms with Crippen molar-refractivity contribution in [1.82, 2.24) is 4.98 Å². The first kappa shape index (κ1) is 15.4. The molecule has 1 heterocycles. The summed E-state index contributed by atoms with van der Waals surface area (Å²) in [6, 6.07) is 18.8. The maximum atomic E-state index is 13.3. The van der Waals surface area contributed by atoms with E-state index in [0.717, 1.165) is 33.8 Å². The quantitative estimate of drug-likeness (QED) is 0.463. The number of aromatic nitrogens is 1. The Bertz CT molecular complexity index is 1170. The van der Waals surface area contributed by atoms with Crippen molar-refractivity contribution < 1.29 is 4.79 Å². The lowest BCUT2D eigenvalue weighted by Crippen LogP contribution is -2.20. The molecule has 1 aliphatic carbocycles. The summed E-state index contributed by atoms with van der Waals surface area (Å²) in [5, 5.41) is 2.28. The molecule has 1 aromatic heterocycles. The molecule has 1 N–H and O–H groups in total. The first-order valence-corrected chi connectivity index (χ1v) is 9.25. The Hall–Kier alpha value is -2.87. The minimum atomic E-state index is 0.275. The number of aryl methyl sites for hydroxylation is 1. The van der Waals surface area contributed by atoms with Gasteiger partial charge in [-0.15, -0.1) is 0 Å². The summed E-state index contributed by atoms with van der Waals surface area (Å²) in [5.41, 5.74) is 8.20. The molecule has 26 heavy (non-hydrogen) atoms. The van der Waals surface area contributed by atoms with Crippen molar-refractivity contribution in [3.63, 3.8) is 0 Å². The zero-order chi connectivity index (χ0) is 17.8. The Morgan fingerprint density at radius 1 is 0.885 bits per heavy atom. The first-order valence-electron chi connectivity index (χ1n) is 9.25. The molecule has 1 atom stereocenters. The third-order valence-electron chi connectivity index (χ3n) is 6.08. The summed E-state index contributed by atoms with van der Waals surface area (Å²) in [7, 11) is 0. The molecular weight excluding hydrogens is 318 g/mol. The summed E-state index contributed by atoms with van der Waals surface area (Å²) < 4.78 is 0. The Balaban J connectivity index is 1.80. The third-order valence-corrected chi connectivity index (χ3v) is 6.08. The number of H-pyrrole nitrogens is 1. The van der Waals surface area contributed by atoms with Gasteiger partial charge in [0.15, 0.2) is 5.78 Å². The van der Waals surface area contributed by atoms with E-state index in [0.29, 0.717) is 6.42 Å². The van der Waals surface area contributed by atoms with E-state index in [-0.39, 0.29) is 11.7 Å². The van der Waals surface area contributed by atoms with Crippen LogP contribution in [0.1, 0.15) is 45.0 Å². The van der Waals surface area contributed by atoms with Crippen molar-refractivity contribution in [3.05, 3.63) is 82.4 Å². The topological polar surface area (TPSA) is 32.9 Å². The van der Waals surface area contributed by atoms with Crippen LogP contribution in [0.25, 0.3) is 21.8 Å². The Morgan fingerprint density at radius 3 is 2.42 bits per heavy atom. The van der Waals surface area contributed by atoms with Crippen molar-refractivity contribution >= 4 is 27.6 Å². The predicted octanol–water partition coefficient (Wildman–Crippen LogP) is 5.85. The maximum absolute atomic E-state index is 13.3. The van der Waals surface area contributed by atoms with Crippen LogP contribution in [-0.2, 0) is 6.42 Å². The predicted molar refractivity (Wildman–Crippen MR) is 107 cm³/mol. The van der Waals surface area contributed by atoms with Gasteiger partial charge < -0.3 is 4.98 Å². The second kappa shape index (κ2) is 5.57. The van der Waals surface area contributed by atoms with Crippen molar-refractivity contribution in [2.24, 2.45) is 0 Å². The third kappa shape index (κ3) is 2.08. The molecule has 1 aliphatic rings. The number of carbonyl (C=O) groups is 1. The summed E-state index contributed by atoms with van der Waals surface area (Å²) in [6.45, 7) is 4.34. The van der Waals surface area contributed by atoms with Crippen molar-refractivity contribution in [2.45, 2.75) is 32.6 Å². The van der Waals surface area contributed by atoms with Gasteiger partial charge in [0.25, 0.3) is 0 Å². The minimum Gasteiger partial charge on any atom is -0.354 e. The van der Waals surface area contributed by atoms with Gasteiger partial charge in [-0.2, -0.15) is 0 Å². The fraction of sp³-hybridized carbons (Fsp3) is 0.208. The number of benzene rings is 3. The van der Waals surface area contributed by atoms with E-state index < -0.39 is 0 Å². The molecule has 2 heteroatoms. The second-order valence-electron chi connectivity index (χ2n) is 7.46. The molecule has 0 aliphatic heterocycles. The highest BCUT2D eigenvalue weighted by Crippen LogP contribution is 2.42. The van der Waals surface area contributed by atoms with Gasteiger partial charge in [0.1, 0.15) is 0 Å². The number of nitrogens with one attached hydrogen (secondary N) is 1. The number of carbonyl (C=O) groups excluding carboxylic acids is 1. The average molecular weight is 339 g/mol. The number of hydrogen-bond acceptors (Lipinski definition) is 1. The molecule has 0 fully saturated rings. The van der Waals surface area contributed by atoms with Gasteiger partial charge in [-0.25, -0.2) is 0 Å². The van der Waals surface area contributed by atoms with Crippen LogP contribution in [0, 0.1) is 13.8 Å². The Kier molecular flexibility index (Phi) is 3.30. The zero-order valence-electron chi connectivity index (χ0n) is 15.1. The summed E-state index contributed by atoms with van der Waals surface area (Å²) in [5.74, 6) is 0.551. The SMILES string of the molecule is Cc1c2c(c3c([nH]c4ccccc43)c1C)C(=O)CC(c1ccccc1)C2. The van der Waals surface area contributed by atoms with Gasteiger partial charge in [0, 0.05) is 28.3 Å². The maximum Gasteiger partial charge on any atom is 0.164 e. The molecule has 2 nitrogen and oxygen atoms in total. The van der Waals surface area contributed by atoms with Crippen LogP contribution in [-0.4, -0.2) is 10.8 Å². The number of Topliss-reactive ketones (excluding diaryl/α,β-unsaturated/α-hetero) is 1. The molecule has 0 saturated heterocycles. The van der Waals surface area contributed by atoms with E-state index in [1.54, 1.807) is 0 Å². The summed E-state index contributed by atoms with van der Waals surface area (Å²) in [6.07, 6.45) is 1.53. The molecule has 0 saturated carbocycles. The van der Waals surface area contributed by atoms with E-state index in [2.05, 4.69) is 61.3 Å². The minimum absolute atomic E-state index is 0.275. The van der Waals surface area contributed by atoms with Crippen LogP contribution in [0.2, 0.25) is 0 Å². The molecule has 0 amide bonds. The van der Waals surface area contributed by atoms with Crippen LogP contribution >= 0.6 is 0 Å². The van der Waals surface area contributed by atoms with Gasteiger partial charge in [0.2, 0.25) is 0 Å². The van der Waals surface area contributed by atoms with Gasteiger partial charge in [-0.05, 0) is 54.5 Å². The summed E-state index contributed by atoms with van der Waals surface area (Å²) >= 11 is 0. The normalized spacial score (nSPS) is 17.0. The van der Waals surface area contributed by atoms with Crippen LogP contribution in [0.5, 0.6) is 0 Å². The zero-order valence-corrected chi connectivity index (χ0v) is 15.1. The number of rotatable bonds is 1. The lowest BCUT2D eigenvalue weighted by atomic mass is 9.75. The largest absolute Gasteiger partial charge is 0.354 e. The molecule has 5 rings (SSSR count). The van der Waals surface area contributed by atoms with Gasteiger partial charge in [-0.1, -0.05) is 48.5 Å². The van der Waals surface area contributed by atoms with Crippen molar-refractivity contribution in [3.8, 4) is 0 Å². The molecular formula is C24H21NO. The van der Waals surface area contributed by atoms with Crippen LogP contribution in [0.4, 0.5) is 0 Å². The number of ketones is 1. The molecule has 0 bridgehead atoms.